The maximum absolute atomic E-state index is 13.5. The van der Waals surface area contributed by atoms with Gasteiger partial charge in [-0.15, -0.1) is 5.06 Å². The number of anilines is 1. The molecule has 0 saturated heterocycles. The minimum atomic E-state index is -0.558. The Morgan fingerprint density at radius 2 is 1.55 bits per heavy atom. The summed E-state index contributed by atoms with van der Waals surface area (Å²) < 4.78 is 0. The maximum atomic E-state index is 13.5. The van der Waals surface area contributed by atoms with Gasteiger partial charge >= 0.3 is 5.97 Å². The first kappa shape index (κ1) is 22.7. The van der Waals surface area contributed by atoms with E-state index in [1.54, 1.807) is 4.90 Å². The molecule has 0 bridgehead atoms. The molecule has 4 rings (SSSR count). The summed E-state index contributed by atoms with van der Waals surface area (Å²) in [6.07, 6.45) is 13.5. The minimum absolute atomic E-state index is 0.0500. The lowest BCUT2D eigenvalue weighted by Crippen LogP contribution is -2.53. The van der Waals surface area contributed by atoms with Crippen LogP contribution in [0.2, 0.25) is 0 Å². The lowest BCUT2D eigenvalue weighted by Gasteiger charge is -2.42. The van der Waals surface area contributed by atoms with Crippen molar-refractivity contribution in [3.05, 3.63) is 29.8 Å². The second-order valence-electron chi connectivity index (χ2n) is 9.27. The third-order valence-corrected chi connectivity index (χ3v) is 7.40. The molecule has 2 fully saturated rings. The Morgan fingerprint density at radius 1 is 0.935 bits per heavy atom. The number of carbonyl (C=O) groups excluding carboxylic acids is 2. The second kappa shape index (κ2) is 10.9. The van der Waals surface area contributed by atoms with E-state index in [2.05, 4.69) is 17.7 Å². The topological polar surface area (TPSA) is 49.9 Å². The Morgan fingerprint density at radius 3 is 2.16 bits per heavy atom. The molecule has 1 atom stereocenters. The van der Waals surface area contributed by atoms with Crippen LogP contribution in [0.5, 0.6) is 0 Å². The Hall–Kier alpha value is -1.53. The van der Waals surface area contributed by atoms with E-state index < -0.39 is 6.04 Å². The fraction of sp³-hybridized carbons (Fsp3) is 0.680. The van der Waals surface area contributed by atoms with Gasteiger partial charge in [0.25, 0.3) is 0 Å². The number of hydroxylamine groups is 2. The van der Waals surface area contributed by atoms with Crippen molar-refractivity contribution in [2.45, 2.75) is 102 Å². The number of rotatable bonds is 6. The molecule has 0 radical (unpaired) electrons. The van der Waals surface area contributed by atoms with Gasteiger partial charge in [0.15, 0.2) is 0 Å². The summed E-state index contributed by atoms with van der Waals surface area (Å²) in [5.74, 6) is 0.152. The van der Waals surface area contributed by atoms with Crippen molar-refractivity contribution in [1.29, 1.82) is 0 Å². The van der Waals surface area contributed by atoms with Gasteiger partial charge in [-0.1, -0.05) is 56.7 Å². The van der Waals surface area contributed by atoms with Crippen molar-refractivity contribution >= 4 is 30.2 Å². The lowest BCUT2D eigenvalue weighted by molar-refractivity contribution is -0.224. The van der Waals surface area contributed by atoms with Gasteiger partial charge < -0.3 is 4.84 Å². The quantitative estimate of drug-likeness (QED) is 0.491. The molecule has 31 heavy (non-hydrogen) atoms. The van der Waals surface area contributed by atoms with Crippen LogP contribution in [-0.4, -0.2) is 40.8 Å². The number of nitrogens with zero attached hydrogens (tertiary/aromatic N) is 2. The molecule has 2 saturated carbocycles. The number of thiol groups is 1. The van der Waals surface area contributed by atoms with Crippen LogP contribution < -0.4 is 4.90 Å². The Labute approximate surface area is 191 Å². The molecule has 2 aliphatic carbocycles. The van der Waals surface area contributed by atoms with Gasteiger partial charge in [-0.05, 0) is 55.9 Å². The Balaban J connectivity index is 1.55. The van der Waals surface area contributed by atoms with Gasteiger partial charge in [0, 0.05) is 24.2 Å². The van der Waals surface area contributed by atoms with Gasteiger partial charge in [0.2, 0.25) is 5.91 Å². The summed E-state index contributed by atoms with van der Waals surface area (Å²) in [4.78, 5) is 34.5. The van der Waals surface area contributed by atoms with Crippen LogP contribution in [0.1, 0.15) is 82.6 Å². The first-order valence-electron chi connectivity index (χ1n) is 12.2. The highest BCUT2D eigenvalue weighted by molar-refractivity contribution is 7.80. The van der Waals surface area contributed by atoms with Gasteiger partial charge in [-0.2, -0.15) is 12.6 Å². The molecule has 0 spiro atoms. The molecule has 1 heterocycles. The molecule has 0 N–H and O–H groups in total. The van der Waals surface area contributed by atoms with Crippen molar-refractivity contribution in [2.24, 2.45) is 0 Å². The Kier molecular flexibility index (Phi) is 7.94. The summed E-state index contributed by atoms with van der Waals surface area (Å²) >= 11 is 4.25. The highest BCUT2D eigenvalue weighted by Gasteiger charge is 2.39. The van der Waals surface area contributed by atoms with Crippen LogP contribution in [0.15, 0.2) is 24.3 Å². The number of amides is 1. The number of benzene rings is 1. The van der Waals surface area contributed by atoms with Gasteiger partial charge in [-0.25, -0.2) is 4.79 Å². The van der Waals surface area contributed by atoms with Crippen LogP contribution in [0, 0.1) is 0 Å². The fourth-order valence-corrected chi connectivity index (χ4v) is 5.77. The second-order valence-corrected chi connectivity index (χ2v) is 9.72. The summed E-state index contributed by atoms with van der Waals surface area (Å²) in [6.45, 7) is 0. The van der Waals surface area contributed by atoms with Crippen LogP contribution >= 0.6 is 12.6 Å². The van der Waals surface area contributed by atoms with Crippen LogP contribution in [0.25, 0.3) is 0 Å². The number of para-hydroxylation sites is 1. The standard InChI is InChI=1S/C25H36N2O3S/c28-24(17-18-31)26-22-14-8-7-9-19(22)15-16-23(26)25(29)30-27(20-10-3-1-4-11-20)21-12-5-2-6-13-21/h7-9,14,20-21,23,31H,1-6,10-13,15-18H2. The average molecular weight is 445 g/mol. The summed E-state index contributed by atoms with van der Waals surface area (Å²) in [6, 6.07) is 8.00. The summed E-state index contributed by atoms with van der Waals surface area (Å²) in [5.41, 5.74) is 1.97. The molecule has 1 aliphatic heterocycles. The molecule has 1 aromatic rings. The van der Waals surface area contributed by atoms with E-state index in [0.717, 1.165) is 43.4 Å². The molecule has 6 heteroatoms. The highest BCUT2D eigenvalue weighted by atomic mass is 32.1. The molecule has 1 unspecified atom stereocenters. The molecular formula is C25H36N2O3S. The molecule has 5 nitrogen and oxygen atoms in total. The SMILES string of the molecule is O=C(ON(C1CCCCC1)C1CCCCC1)C1CCc2ccccc2N1C(=O)CCS. The van der Waals surface area contributed by atoms with Crippen LogP contribution in [0.3, 0.4) is 0 Å². The lowest BCUT2D eigenvalue weighted by atomic mass is 9.90. The molecular weight excluding hydrogens is 408 g/mol. The smallest absolute Gasteiger partial charge is 0.348 e. The normalized spacial score (nSPS) is 22.9. The molecule has 170 valence electrons. The van der Waals surface area contributed by atoms with E-state index >= 15 is 0 Å². The largest absolute Gasteiger partial charge is 0.365 e. The van der Waals surface area contributed by atoms with E-state index in [0.29, 0.717) is 30.7 Å². The van der Waals surface area contributed by atoms with Crippen LogP contribution in [-0.2, 0) is 20.8 Å². The van der Waals surface area contributed by atoms with Crippen molar-refractivity contribution in [3.63, 3.8) is 0 Å². The zero-order valence-corrected chi connectivity index (χ0v) is 19.4. The zero-order chi connectivity index (χ0) is 21.6. The van der Waals surface area contributed by atoms with Crippen molar-refractivity contribution in [1.82, 2.24) is 5.06 Å². The van der Waals surface area contributed by atoms with E-state index in [9.17, 15) is 9.59 Å². The van der Waals surface area contributed by atoms with Crippen molar-refractivity contribution < 1.29 is 14.4 Å². The third kappa shape index (κ3) is 5.28. The summed E-state index contributed by atoms with van der Waals surface area (Å²) in [7, 11) is 0. The first-order chi connectivity index (χ1) is 15.2. The van der Waals surface area contributed by atoms with E-state index in [1.165, 1.54) is 38.5 Å². The molecule has 3 aliphatic rings. The summed E-state index contributed by atoms with van der Waals surface area (Å²) in [5, 5.41) is 2.07. The van der Waals surface area contributed by atoms with Crippen molar-refractivity contribution in [3.8, 4) is 0 Å². The van der Waals surface area contributed by atoms with Crippen LogP contribution in [0.4, 0.5) is 5.69 Å². The number of hydrogen-bond donors (Lipinski definition) is 1. The molecule has 1 aromatic carbocycles. The monoisotopic (exact) mass is 444 g/mol. The maximum Gasteiger partial charge on any atom is 0.348 e. The van der Waals surface area contributed by atoms with E-state index in [4.69, 9.17) is 4.84 Å². The van der Waals surface area contributed by atoms with Crippen molar-refractivity contribution in [2.75, 3.05) is 10.7 Å². The zero-order valence-electron chi connectivity index (χ0n) is 18.5. The number of carbonyl (C=O) groups is 2. The minimum Gasteiger partial charge on any atom is -0.365 e. The predicted molar refractivity (Wildman–Crippen MR) is 126 cm³/mol. The average Bonchev–Trinajstić information content (AvgIpc) is 2.83. The van der Waals surface area contributed by atoms with Gasteiger partial charge in [0.05, 0.1) is 0 Å². The van der Waals surface area contributed by atoms with Gasteiger partial charge in [-0.3, -0.25) is 9.69 Å². The third-order valence-electron chi connectivity index (χ3n) is 7.18. The highest BCUT2D eigenvalue weighted by Crippen LogP contribution is 2.34. The Bertz CT molecular complexity index is 741. The fourth-order valence-electron chi connectivity index (χ4n) is 5.58. The first-order valence-corrected chi connectivity index (χ1v) is 12.8. The number of hydrogen-bond acceptors (Lipinski definition) is 5. The number of fused-ring (bicyclic) bond motifs is 1. The molecule has 1 amide bonds. The van der Waals surface area contributed by atoms with Gasteiger partial charge in [0.1, 0.15) is 6.04 Å². The number of aryl methyl sites for hydroxylation is 1. The van der Waals surface area contributed by atoms with E-state index in [1.807, 2.05) is 24.3 Å². The predicted octanol–water partition coefficient (Wildman–Crippen LogP) is 5.08. The molecule has 0 aromatic heterocycles. The van der Waals surface area contributed by atoms with E-state index in [-0.39, 0.29) is 11.9 Å².